The number of aliphatic hydroxyl groups excluding tert-OH is 2. The number of amides is 1. The molecule has 0 bridgehead atoms. The summed E-state index contributed by atoms with van der Waals surface area (Å²) >= 11 is 0. The van der Waals surface area contributed by atoms with Gasteiger partial charge in [0.05, 0.1) is 11.7 Å². The first-order chi connectivity index (χ1) is 20.4. The van der Waals surface area contributed by atoms with Crippen LogP contribution in [-0.2, 0) is 27.2 Å². The molecule has 1 amide bonds. The Morgan fingerprint density at radius 2 is 1.68 bits per heavy atom. The fraction of sp³-hybridized carbons (Fsp3) is 0.500. The smallest absolute Gasteiger partial charge is 0.230 e. The van der Waals surface area contributed by atoms with Crippen molar-refractivity contribution in [3.63, 3.8) is 0 Å². The number of rotatable bonds is 5. The van der Waals surface area contributed by atoms with E-state index in [4.69, 9.17) is 5.73 Å². The molecule has 0 heterocycles. The van der Waals surface area contributed by atoms with Gasteiger partial charge in [0.15, 0.2) is 11.4 Å². The topological polar surface area (TPSA) is 165 Å². The molecule has 10 nitrogen and oxygen atoms in total. The summed E-state index contributed by atoms with van der Waals surface area (Å²) in [5, 5.41) is 46.4. The minimum Gasteiger partial charge on any atom is -0.507 e. The summed E-state index contributed by atoms with van der Waals surface area (Å²) in [6, 6.07) is 8.75. The van der Waals surface area contributed by atoms with Gasteiger partial charge in [-0.15, -0.1) is 0 Å². The Morgan fingerprint density at radius 3 is 2.20 bits per heavy atom. The van der Waals surface area contributed by atoms with Crippen molar-refractivity contribution in [3.8, 4) is 16.9 Å². The fourth-order valence-electron chi connectivity index (χ4n) is 7.69. The van der Waals surface area contributed by atoms with E-state index >= 15 is 0 Å². The number of primary amides is 1. The SMILES string of the molecule is CN(C)c1cc(-c2ccc(CC(C)(C)C)cc2)c(O)c2c1C[C@@H]1C[C@@H]3[C@@H](N(C)C)C(O)C(C(N)=O)C(=O)[C@]3(O)C(=O)C1=C2O. The number of hydrogen-bond acceptors (Lipinski definition) is 9. The second-order valence-electron chi connectivity index (χ2n) is 14.3. The number of anilines is 1. The number of likely N-dealkylation sites (N-methyl/N-ethyl adjacent to an activating group) is 1. The number of Topliss-reactive ketones (excluding diaryl/α,β-unsaturated/α-hetero) is 2. The van der Waals surface area contributed by atoms with Crippen LogP contribution in [-0.4, -0.2) is 88.7 Å². The van der Waals surface area contributed by atoms with Gasteiger partial charge in [-0.05, 0) is 67.4 Å². The Kier molecular flexibility index (Phi) is 7.72. The second-order valence-corrected chi connectivity index (χ2v) is 14.3. The molecule has 0 spiro atoms. The molecule has 0 aliphatic heterocycles. The molecule has 2 fully saturated rings. The number of carbonyl (C=O) groups is 3. The van der Waals surface area contributed by atoms with E-state index in [1.54, 1.807) is 19.0 Å². The molecule has 236 valence electrons. The van der Waals surface area contributed by atoms with Crippen molar-refractivity contribution in [2.24, 2.45) is 28.9 Å². The highest BCUT2D eigenvalue weighted by molar-refractivity contribution is 6.25. The Balaban J connectivity index is 1.68. The molecule has 3 aliphatic carbocycles. The van der Waals surface area contributed by atoms with Gasteiger partial charge in [0.2, 0.25) is 11.7 Å². The molecular formula is C34H43N3O7. The molecule has 2 saturated carbocycles. The van der Waals surface area contributed by atoms with Crippen LogP contribution in [0.5, 0.6) is 5.75 Å². The van der Waals surface area contributed by atoms with E-state index in [1.807, 2.05) is 49.3 Å². The highest BCUT2D eigenvalue weighted by Crippen LogP contribution is 2.54. The number of fused-ring (bicyclic) bond motifs is 3. The van der Waals surface area contributed by atoms with Gasteiger partial charge >= 0.3 is 0 Å². The van der Waals surface area contributed by atoms with E-state index in [1.165, 1.54) is 0 Å². The third kappa shape index (κ3) is 4.80. The number of phenolic OH excluding ortho intramolecular Hbond substituents is 1. The second kappa shape index (κ2) is 10.7. The first-order valence-corrected chi connectivity index (χ1v) is 14.9. The quantitative estimate of drug-likeness (QED) is 0.322. The lowest BCUT2D eigenvalue weighted by Gasteiger charge is -2.53. The van der Waals surface area contributed by atoms with Crippen LogP contribution in [0.2, 0.25) is 0 Å². The third-order valence-electron chi connectivity index (χ3n) is 9.55. The Labute approximate surface area is 257 Å². The van der Waals surface area contributed by atoms with E-state index in [-0.39, 0.29) is 35.1 Å². The summed E-state index contributed by atoms with van der Waals surface area (Å²) in [7, 11) is 6.97. The molecule has 6 atom stereocenters. The average Bonchev–Trinajstić information content (AvgIpc) is 2.90. The van der Waals surface area contributed by atoms with Crippen molar-refractivity contribution in [1.29, 1.82) is 0 Å². The lowest BCUT2D eigenvalue weighted by Crippen LogP contribution is -2.73. The zero-order valence-corrected chi connectivity index (χ0v) is 26.4. The van der Waals surface area contributed by atoms with Gasteiger partial charge in [0, 0.05) is 42.9 Å². The Morgan fingerprint density at radius 1 is 1.07 bits per heavy atom. The van der Waals surface area contributed by atoms with Gasteiger partial charge in [-0.25, -0.2) is 0 Å². The molecule has 0 aromatic heterocycles. The molecule has 2 aromatic carbocycles. The molecule has 2 aromatic rings. The van der Waals surface area contributed by atoms with Crippen LogP contribution in [0.25, 0.3) is 16.9 Å². The number of carbonyl (C=O) groups excluding carboxylic acids is 3. The van der Waals surface area contributed by atoms with Gasteiger partial charge in [0.25, 0.3) is 0 Å². The van der Waals surface area contributed by atoms with E-state index in [2.05, 4.69) is 20.8 Å². The molecule has 2 unspecified atom stereocenters. The molecule has 10 heteroatoms. The maximum Gasteiger partial charge on any atom is 0.230 e. The number of benzene rings is 2. The van der Waals surface area contributed by atoms with Gasteiger partial charge in [-0.3, -0.25) is 14.4 Å². The van der Waals surface area contributed by atoms with Crippen molar-refractivity contribution < 1.29 is 34.8 Å². The fourth-order valence-corrected chi connectivity index (χ4v) is 7.69. The molecule has 44 heavy (non-hydrogen) atoms. The van der Waals surface area contributed by atoms with Crippen LogP contribution in [0.3, 0.4) is 0 Å². The van der Waals surface area contributed by atoms with Crippen LogP contribution in [0, 0.1) is 23.2 Å². The zero-order chi connectivity index (χ0) is 32.6. The van der Waals surface area contributed by atoms with E-state index in [0.29, 0.717) is 16.7 Å². The highest BCUT2D eigenvalue weighted by Gasteiger charge is 2.67. The largest absolute Gasteiger partial charge is 0.507 e. The number of nitrogens with zero attached hydrogens (tertiary/aromatic N) is 2. The summed E-state index contributed by atoms with van der Waals surface area (Å²) in [6.07, 6.45) is -0.346. The van der Waals surface area contributed by atoms with Crippen molar-refractivity contribution in [1.82, 2.24) is 4.90 Å². The maximum atomic E-state index is 14.2. The molecule has 0 radical (unpaired) electrons. The van der Waals surface area contributed by atoms with Crippen LogP contribution in [0.4, 0.5) is 5.69 Å². The van der Waals surface area contributed by atoms with E-state index in [0.717, 1.165) is 17.7 Å². The molecule has 0 saturated heterocycles. The van der Waals surface area contributed by atoms with Gasteiger partial charge in [-0.1, -0.05) is 45.0 Å². The lowest BCUT2D eigenvalue weighted by molar-refractivity contribution is -0.184. The van der Waals surface area contributed by atoms with Crippen LogP contribution in [0.1, 0.15) is 43.9 Å². The lowest BCUT2D eigenvalue weighted by atomic mass is 9.54. The van der Waals surface area contributed by atoms with Crippen LogP contribution in [0.15, 0.2) is 35.9 Å². The van der Waals surface area contributed by atoms with Crippen molar-refractivity contribution in [2.45, 2.75) is 57.8 Å². The predicted octanol–water partition coefficient (Wildman–Crippen LogP) is 2.45. The summed E-state index contributed by atoms with van der Waals surface area (Å²) < 4.78 is 0. The summed E-state index contributed by atoms with van der Waals surface area (Å²) in [5.41, 5.74) is 6.47. The molecule has 6 N–H and O–H groups in total. The predicted molar refractivity (Wildman–Crippen MR) is 167 cm³/mol. The summed E-state index contributed by atoms with van der Waals surface area (Å²) in [6.45, 7) is 6.48. The molecule has 5 rings (SSSR count). The summed E-state index contributed by atoms with van der Waals surface area (Å²) in [5.74, 6) is -7.54. The average molecular weight is 606 g/mol. The number of hydrogen-bond donors (Lipinski definition) is 5. The number of phenols is 1. The Hall–Kier alpha value is -3.73. The first kappa shape index (κ1) is 31.7. The maximum absolute atomic E-state index is 14.2. The third-order valence-corrected chi connectivity index (χ3v) is 9.55. The van der Waals surface area contributed by atoms with Crippen molar-refractivity contribution in [2.75, 3.05) is 33.1 Å². The number of aromatic hydroxyl groups is 1. The van der Waals surface area contributed by atoms with Gasteiger partial charge < -0.3 is 36.0 Å². The van der Waals surface area contributed by atoms with Crippen LogP contribution >= 0.6 is 0 Å². The number of aliphatic hydroxyl groups is 3. The summed E-state index contributed by atoms with van der Waals surface area (Å²) in [4.78, 5) is 43.5. The Bertz CT molecular complexity index is 1570. The van der Waals surface area contributed by atoms with Crippen molar-refractivity contribution >= 4 is 28.9 Å². The molecule has 3 aliphatic rings. The number of nitrogens with two attached hydrogens (primary N) is 1. The van der Waals surface area contributed by atoms with Crippen molar-refractivity contribution in [3.05, 3.63) is 52.6 Å². The van der Waals surface area contributed by atoms with Crippen LogP contribution < -0.4 is 10.6 Å². The van der Waals surface area contributed by atoms with Gasteiger partial charge in [0.1, 0.15) is 17.4 Å². The number of ketones is 2. The minimum atomic E-state index is -2.69. The van der Waals surface area contributed by atoms with E-state index < -0.39 is 58.7 Å². The first-order valence-electron chi connectivity index (χ1n) is 14.9. The van der Waals surface area contributed by atoms with Gasteiger partial charge in [-0.2, -0.15) is 0 Å². The normalized spacial score (nSPS) is 28.5. The standard InChI is InChI=1S/C34H43N3O7/c1-33(2,3)15-16-8-10-17(11-9-16)19-14-22(36(4)5)20-12-18-13-21-26(37(6)7)29(40)25(32(35)43)31(42)34(21,44)30(41)23(18)28(39)24(20)27(19)38/h8-11,14,18,21,25-26,29,38-40,44H,12-13,15H2,1-7H3,(H2,35,43)/t18-,21-,25?,26-,29?,34-/m1/s1. The minimum absolute atomic E-state index is 0.0722. The monoisotopic (exact) mass is 605 g/mol. The molecular weight excluding hydrogens is 562 g/mol. The zero-order valence-electron chi connectivity index (χ0n) is 26.4. The highest BCUT2D eigenvalue weighted by atomic mass is 16.3. The van der Waals surface area contributed by atoms with E-state index in [9.17, 15) is 34.8 Å².